The van der Waals surface area contributed by atoms with Crippen LogP contribution >= 0.6 is 0 Å². The number of para-hydroxylation sites is 1. The van der Waals surface area contributed by atoms with Gasteiger partial charge in [0.15, 0.2) is 0 Å². The predicted molar refractivity (Wildman–Crippen MR) is 128 cm³/mol. The second kappa shape index (κ2) is 8.39. The molecule has 0 radical (unpaired) electrons. The second-order valence-electron chi connectivity index (χ2n) is 8.29. The summed E-state index contributed by atoms with van der Waals surface area (Å²) < 4.78 is 1.76. The van der Waals surface area contributed by atoms with Gasteiger partial charge in [-0.3, -0.25) is 9.59 Å². The smallest absolute Gasteiger partial charge is 0.251 e. The van der Waals surface area contributed by atoms with Gasteiger partial charge >= 0.3 is 0 Å². The lowest BCUT2D eigenvalue weighted by atomic mass is 9.82. The highest BCUT2D eigenvalue weighted by molar-refractivity contribution is 6.04. The van der Waals surface area contributed by atoms with Crippen molar-refractivity contribution >= 4 is 17.6 Å². The summed E-state index contributed by atoms with van der Waals surface area (Å²) in [4.78, 5) is 26.5. The van der Waals surface area contributed by atoms with E-state index >= 15 is 0 Å². The van der Waals surface area contributed by atoms with E-state index in [0.29, 0.717) is 11.4 Å². The highest BCUT2D eigenvalue weighted by Crippen LogP contribution is 2.40. The Balaban J connectivity index is 1.61. The van der Waals surface area contributed by atoms with Crippen LogP contribution in [0.15, 0.2) is 84.9 Å². The van der Waals surface area contributed by atoms with Crippen molar-refractivity contribution < 1.29 is 9.59 Å². The lowest BCUT2D eigenvalue weighted by Crippen LogP contribution is -2.50. The topological polar surface area (TPSA) is 76.0 Å². The molecule has 2 atom stereocenters. The van der Waals surface area contributed by atoms with Crippen LogP contribution in [-0.4, -0.2) is 27.6 Å². The Labute approximate surface area is 192 Å². The average molecular weight is 437 g/mol. The predicted octanol–water partition coefficient (Wildman–Crippen LogP) is 4.37. The normalized spacial score (nSPS) is 17.2. The third kappa shape index (κ3) is 3.80. The van der Waals surface area contributed by atoms with Gasteiger partial charge in [-0.15, -0.1) is 0 Å². The summed E-state index contributed by atoms with van der Waals surface area (Å²) >= 11 is 0. The van der Waals surface area contributed by atoms with Crippen molar-refractivity contribution in [3.05, 3.63) is 113 Å². The van der Waals surface area contributed by atoms with Gasteiger partial charge < -0.3 is 10.6 Å². The molecule has 2 heterocycles. The molecular weight excluding hydrogens is 412 g/mol. The van der Waals surface area contributed by atoms with E-state index in [1.54, 1.807) is 10.7 Å². The lowest BCUT2D eigenvalue weighted by Gasteiger charge is -2.32. The summed E-state index contributed by atoms with van der Waals surface area (Å²) in [6.07, 6.45) is 0. The fourth-order valence-corrected chi connectivity index (χ4v) is 4.48. The molecule has 4 aromatic rings. The van der Waals surface area contributed by atoms with Crippen molar-refractivity contribution in [3.8, 4) is 5.69 Å². The molecule has 33 heavy (non-hydrogen) atoms. The first-order chi connectivity index (χ1) is 16.0. The van der Waals surface area contributed by atoms with Crippen LogP contribution in [0.25, 0.3) is 5.69 Å². The Morgan fingerprint density at radius 3 is 2.33 bits per heavy atom. The summed E-state index contributed by atoms with van der Waals surface area (Å²) in [6, 6.07) is 26.1. The standard InChI is InChI=1S/C27H24N4O2/c1-17-10-9-13-20(16-17)26(32)28-24-23(19-11-5-3-6-12-19)22-18(2)30-31(25(22)29-27(24)33)21-14-7-4-8-15-21/h3-16,23-24H,1-2H3,(H,28,32)(H,29,33)/t23-,24+/m1/s1. The van der Waals surface area contributed by atoms with E-state index < -0.39 is 6.04 Å². The first-order valence-corrected chi connectivity index (χ1v) is 10.9. The zero-order chi connectivity index (χ0) is 22.9. The maximum absolute atomic E-state index is 13.4. The summed E-state index contributed by atoms with van der Waals surface area (Å²) in [6.45, 7) is 3.87. The minimum atomic E-state index is -0.778. The highest BCUT2D eigenvalue weighted by atomic mass is 16.2. The van der Waals surface area contributed by atoms with Gasteiger partial charge in [0.1, 0.15) is 11.9 Å². The maximum Gasteiger partial charge on any atom is 0.251 e. The largest absolute Gasteiger partial charge is 0.339 e. The number of hydrogen-bond donors (Lipinski definition) is 2. The lowest BCUT2D eigenvalue weighted by molar-refractivity contribution is -0.118. The number of amides is 2. The first-order valence-electron chi connectivity index (χ1n) is 10.9. The maximum atomic E-state index is 13.4. The Hall–Kier alpha value is -4.19. The van der Waals surface area contributed by atoms with Gasteiger partial charge in [0.25, 0.3) is 5.91 Å². The van der Waals surface area contributed by atoms with Crippen molar-refractivity contribution in [2.45, 2.75) is 25.8 Å². The summed E-state index contributed by atoms with van der Waals surface area (Å²) in [5.74, 6) is -0.287. The summed E-state index contributed by atoms with van der Waals surface area (Å²) in [7, 11) is 0. The summed E-state index contributed by atoms with van der Waals surface area (Å²) in [5.41, 5.74) is 5.02. The number of rotatable bonds is 4. The fourth-order valence-electron chi connectivity index (χ4n) is 4.48. The van der Waals surface area contributed by atoms with E-state index in [2.05, 4.69) is 10.6 Å². The van der Waals surface area contributed by atoms with E-state index in [1.807, 2.05) is 92.7 Å². The van der Waals surface area contributed by atoms with Crippen molar-refractivity contribution in [2.75, 3.05) is 5.32 Å². The van der Waals surface area contributed by atoms with Crippen LogP contribution in [-0.2, 0) is 4.79 Å². The van der Waals surface area contributed by atoms with E-state index in [1.165, 1.54) is 0 Å². The molecular formula is C27H24N4O2. The number of benzene rings is 3. The van der Waals surface area contributed by atoms with E-state index in [0.717, 1.165) is 28.1 Å². The van der Waals surface area contributed by atoms with Gasteiger partial charge in [0, 0.05) is 17.0 Å². The molecule has 1 aliphatic heterocycles. The Bertz CT molecular complexity index is 1330. The number of nitrogens with zero attached hydrogens (tertiary/aromatic N) is 2. The van der Waals surface area contributed by atoms with Crippen LogP contribution in [0.4, 0.5) is 5.82 Å². The Morgan fingerprint density at radius 2 is 1.64 bits per heavy atom. The van der Waals surface area contributed by atoms with Crippen LogP contribution in [0, 0.1) is 13.8 Å². The molecule has 0 saturated heterocycles. The SMILES string of the molecule is Cc1cccc(C(=O)N[C@@H]2C(=O)Nc3c(c(C)nn3-c3ccccc3)[C@H]2c2ccccc2)c1. The van der Waals surface area contributed by atoms with Gasteiger partial charge in [-0.1, -0.05) is 66.2 Å². The zero-order valence-electron chi connectivity index (χ0n) is 18.4. The number of fused-ring (bicyclic) bond motifs is 1. The van der Waals surface area contributed by atoms with Crippen LogP contribution in [0.2, 0.25) is 0 Å². The molecule has 5 rings (SSSR count). The molecule has 164 valence electrons. The number of anilines is 1. The molecule has 3 aromatic carbocycles. The van der Waals surface area contributed by atoms with Crippen LogP contribution in [0.5, 0.6) is 0 Å². The second-order valence-corrected chi connectivity index (χ2v) is 8.29. The number of aromatic nitrogens is 2. The van der Waals surface area contributed by atoms with E-state index in [-0.39, 0.29) is 17.7 Å². The minimum absolute atomic E-state index is 0.269. The molecule has 0 unspecified atom stereocenters. The molecule has 6 heteroatoms. The summed E-state index contributed by atoms with van der Waals surface area (Å²) in [5, 5.41) is 10.7. The van der Waals surface area contributed by atoms with Crippen LogP contribution < -0.4 is 10.6 Å². The van der Waals surface area contributed by atoms with Crippen LogP contribution in [0.1, 0.15) is 38.7 Å². The minimum Gasteiger partial charge on any atom is -0.339 e. The number of nitrogens with one attached hydrogen (secondary N) is 2. The number of carbonyl (C=O) groups is 2. The van der Waals surface area contributed by atoms with Crippen LogP contribution in [0.3, 0.4) is 0 Å². The van der Waals surface area contributed by atoms with E-state index in [4.69, 9.17) is 5.10 Å². The van der Waals surface area contributed by atoms with E-state index in [9.17, 15) is 9.59 Å². The molecule has 0 aliphatic carbocycles. The Morgan fingerprint density at radius 1 is 0.939 bits per heavy atom. The average Bonchev–Trinajstić information content (AvgIpc) is 3.16. The van der Waals surface area contributed by atoms with Gasteiger partial charge in [-0.25, -0.2) is 4.68 Å². The molecule has 0 fully saturated rings. The van der Waals surface area contributed by atoms with Crippen molar-refractivity contribution in [1.29, 1.82) is 0 Å². The van der Waals surface area contributed by atoms with Gasteiger partial charge in [0.2, 0.25) is 5.91 Å². The fraction of sp³-hybridized carbons (Fsp3) is 0.148. The monoisotopic (exact) mass is 436 g/mol. The number of carbonyl (C=O) groups excluding carboxylic acids is 2. The van der Waals surface area contributed by atoms with Crippen molar-refractivity contribution in [1.82, 2.24) is 15.1 Å². The quantitative estimate of drug-likeness (QED) is 0.499. The number of hydrogen-bond acceptors (Lipinski definition) is 3. The third-order valence-electron chi connectivity index (χ3n) is 6.00. The van der Waals surface area contributed by atoms with Gasteiger partial charge in [-0.2, -0.15) is 5.10 Å². The molecule has 2 N–H and O–H groups in total. The molecule has 0 spiro atoms. The molecule has 1 aliphatic rings. The highest BCUT2D eigenvalue weighted by Gasteiger charge is 2.41. The third-order valence-corrected chi connectivity index (χ3v) is 6.00. The van der Waals surface area contributed by atoms with Gasteiger partial charge in [0.05, 0.1) is 11.4 Å². The molecule has 2 amide bonds. The zero-order valence-corrected chi connectivity index (χ0v) is 18.4. The molecule has 1 aromatic heterocycles. The molecule has 0 bridgehead atoms. The molecule has 6 nitrogen and oxygen atoms in total. The van der Waals surface area contributed by atoms with Crippen molar-refractivity contribution in [2.24, 2.45) is 0 Å². The molecule has 0 saturated carbocycles. The van der Waals surface area contributed by atoms with Gasteiger partial charge in [-0.05, 0) is 43.7 Å². The Kier molecular flexibility index (Phi) is 5.26. The first kappa shape index (κ1) is 20.7. The number of aryl methyl sites for hydroxylation is 2. The van der Waals surface area contributed by atoms with Crippen molar-refractivity contribution in [3.63, 3.8) is 0 Å².